The van der Waals surface area contributed by atoms with Crippen LogP contribution in [-0.2, 0) is 4.79 Å². The van der Waals surface area contributed by atoms with Gasteiger partial charge >= 0.3 is 0 Å². The minimum absolute atomic E-state index is 0.155. The first-order valence-electron chi connectivity index (χ1n) is 6.46. The van der Waals surface area contributed by atoms with E-state index in [0.717, 1.165) is 13.0 Å². The molecule has 0 fully saturated rings. The molecule has 1 N–H and O–H groups in total. The Morgan fingerprint density at radius 3 is 2.00 bits per heavy atom. The summed E-state index contributed by atoms with van der Waals surface area (Å²) in [6.45, 7) is 15.8. The monoisotopic (exact) mass is 227 g/mol. The van der Waals surface area contributed by atoms with Gasteiger partial charge in [0.15, 0.2) is 0 Å². The van der Waals surface area contributed by atoms with Crippen molar-refractivity contribution >= 4 is 5.91 Å². The van der Waals surface area contributed by atoms with Crippen LogP contribution in [0.5, 0.6) is 0 Å². The van der Waals surface area contributed by atoms with Gasteiger partial charge in [-0.2, -0.15) is 0 Å². The Morgan fingerprint density at radius 2 is 1.69 bits per heavy atom. The molecule has 0 aliphatic heterocycles. The lowest BCUT2D eigenvalue weighted by Crippen LogP contribution is -2.39. The fourth-order valence-corrected chi connectivity index (χ4v) is 1.74. The van der Waals surface area contributed by atoms with E-state index in [0.29, 0.717) is 11.8 Å². The van der Waals surface area contributed by atoms with Gasteiger partial charge in [-0.05, 0) is 23.7 Å². The fourth-order valence-electron chi connectivity index (χ4n) is 1.74. The van der Waals surface area contributed by atoms with Crippen molar-refractivity contribution in [2.24, 2.45) is 23.2 Å². The lowest BCUT2D eigenvalue weighted by Gasteiger charge is -2.27. The molecule has 0 aromatic heterocycles. The van der Waals surface area contributed by atoms with Crippen molar-refractivity contribution in [2.75, 3.05) is 6.54 Å². The first kappa shape index (κ1) is 15.5. The zero-order valence-corrected chi connectivity index (χ0v) is 12.1. The van der Waals surface area contributed by atoms with Gasteiger partial charge in [-0.15, -0.1) is 0 Å². The third-order valence-electron chi connectivity index (χ3n) is 3.26. The summed E-state index contributed by atoms with van der Waals surface area (Å²) in [5.41, 5.74) is 0.162. The van der Waals surface area contributed by atoms with Crippen LogP contribution >= 0.6 is 0 Å². The molecule has 0 aromatic rings. The largest absolute Gasteiger partial charge is 0.355 e. The van der Waals surface area contributed by atoms with Crippen molar-refractivity contribution in [3.05, 3.63) is 0 Å². The van der Waals surface area contributed by atoms with Gasteiger partial charge in [-0.1, -0.05) is 48.5 Å². The first-order valence-corrected chi connectivity index (χ1v) is 6.46. The highest BCUT2D eigenvalue weighted by Crippen LogP contribution is 2.23. The molecular formula is C14H29NO. The van der Waals surface area contributed by atoms with Crippen molar-refractivity contribution in [3.8, 4) is 0 Å². The van der Waals surface area contributed by atoms with Crippen LogP contribution in [0, 0.1) is 23.2 Å². The molecule has 0 heterocycles. The zero-order valence-electron chi connectivity index (χ0n) is 12.1. The highest BCUT2D eigenvalue weighted by molar-refractivity contribution is 5.78. The molecule has 0 saturated heterocycles. The molecular weight excluding hydrogens is 198 g/mol. The van der Waals surface area contributed by atoms with Crippen LogP contribution in [0.2, 0.25) is 0 Å². The van der Waals surface area contributed by atoms with E-state index in [1.165, 1.54) is 0 Å². The molecule has 2 nitrogen and oxygen atoms in total. The Morgan fingerprint density at radius 1 is 1.19 bits per heavy atom. The van der Waals surface area contributed by atoms with Crippen LogP contribution in [0.25, 0.3) is 0 Å². The quantitative estimate of drug-likeness (QED) is 0.765. The average molecular weight is 227 g/mol. The third kappa shape index (κ3) is 5.53. The Balaban J connectivity index is 4.32. The Kier molecular flexibility index (Phi) is 6.06. The maximum absolute atomic E-state index is 12.1. The van der Waals surface area contributed by atoms with Crippen molar-refractivity contribution in [1.29, 1.82) is 0 Å². The van der Waals surface area contributed by atoms with Crippen molar-refractivity contribution in [2.45, 2.75) is 54.9 Å². The van der Waals surface area contributed by atoms with Crippen LogP contribution in [0.15, 0.2) is 0 Å². The highest BCUT2D eigenvalue weighted by Gasteiger charge is 2.26. The number of nitrogens with one attached hydrogen (secondary N) is 1. The average Bonchev–Trinajstić information content (AvgIpc) is 2.14. The van der Waals surface area contributed by atoms with Crippen LogP contribution < -0.4 is 5.32 Å². The molecule has 0 rings (SSSR count). The smallest absolute Gasteiger partial charge is 0.223 e. The first-order chi connectivity index (χ1) is 7.19. The number of carbonyl (C=O) groups is 1. The van der Waals surface area contributed by atoms with E-state index >= 15 is 0 Å². The summed E-state index contributed by atoms with van der Waals surface area (Å²) in [5.74, 6) is 1.39. The number of rotatable bonds is 5. The summed E-state index contributed by atoms with van der Waals surface area (Å²) in [5, 5.41) is 3.07. The second-order valence-corrected chi connectivity index (χ2v) is 6.40. The summed E-state index contributed by atoms with van der Waals surface area (Å²) >= 11 is 0. The number of amides is 1. The lowest BCUT2D eigenvalue weighted by atomic mass is 9.82. The molecule has 16 heavy (non-hydrogen) atoms. The summed E-state index contributed by atoms with van der Waals surface area (Å²) < 4.78 is 0. The van der Waals surface area contributed by atoms with Crippen molar-refractivity contribution in [3.63, 3.8) is 0 Å². The molecule has 0 aliphatic carbocycles. The van der Waals surface area contributed by atoms with Gasteiger partial charge in [0, 0.05) is 12.5 Å². The number of hydrogen-bond donors (Lipinski definition) is 1. The molecule has 0 bridgehead atoms. The zero-order chi connectivity index (χ0) is 12.9. The van der Waals surface area contributed by atoms with Gasteiger partial charge in [-0.3, -0.25) is 4.79 Å². The second kappa shape index (κ2) is 6.27. The van der Waals surface area contributed by atoms with E-state index in [4.69, 9.17) is 0 Å². The predicted octanol–water partition coefficient (Wildman–Crippen LogP) is 3.47. The second-order valence-electron chi connectivity index (χ2n) is 6.40. The third-order valence-corrected chi connectivity index (χ3v) is 3.26. The topological polar surface area (TPSA) is 29.1 Å². The van der Waals surface area contributed by atoms with Gasteiger partial charge in [0.2, 0.25) is 5.91 Å². The van der Waals surface area contributed by atoms with Gasteiger partial charge < -0.3 is 5.32 Å². The van der Waals surface area contributed by atoms with Gasteiger partial charge in [-0.25, -0.2) is 0 Å². The van der Waals surface area contributed by atoms with E-state index in [-0.39, 0.29) is 17.2 Å². The van der Waals surface area contributed by atoms with Crippen LogP contribution in [0.4, 0.5) is 0 Å². The number of hydrogen-bond acceptors (Lipinski definition) is 1. The Hall–Kier alpha value is -0.530. The standard InChI is InChI=1S/C14H29NO/c1-8-12(11(4)10(2)3)13(16)15-9-14(5,6)7/h10-12H,8-9H2,1-7H3,(H,15,16)/t11?,12-/m1/s1. The molecule has 0 aromatic carbocycles. The number of carbonyl (C=O) groups excluding carboxylic acids is 1. The van der Waals surface area contributed by atoms with E-state index in [1.54, 1.807) is 0 Å². The molecule has 0 aliphatic rings. The maximum atomic E-state index is 12.1. The summed E-state index contributed by atoms with van der Waals surface area (Å²) in [4.78, 5) is 12.1. The lowest BCUT2D eigenvalue weighted by molar-refractivity contribution is -0.127. The summed E-state index contributed by atoms with van der Waals surface area (Å²) in [7, 11) is 0. The Bertz CT molecular complexity index is 215. The van der Waals surface area contributed by atoms with Crippen LogP contribution in [0.3, 0.4) is 0 Å². The van der Waals surface area contributed by atoms with Crippen molar-refractivity contribution < 1.29 is 4.79 Å². The predicted molar refractivity (Wildman–Crippen MR) is 70.2 cm³/mol. The summed E-state index contributed by atoms with van der Waals surface area (Å²) in [6.07, 6.45) is 0.926. The summed E-state index contributed by atoms with van der Waals surface area (Å²) in [6, 6.07) is 0. The maximum Gasteiger partial charge on any atom is 0.223 e. The fraction of sp³-hybridized carbons (Fsp3) is 0.929. The van der Waals surface area contributed by atoms with E-state index in [2.05, 4.69) is 53.8 Å². The van der Waals surface area contributed by atoms with Crippen LogP contribution in [-0.4, -0.2) is 12.5 Å². The van der Waals surface area contributed by atoms with E-state index < -0.39 is 0 Å². The molecule has 0 saturated carbocycles. The minimum atomic E-state index is 0.155. The SMILES string of the molecule is CC[C@@H](C(=O)NCC(C)(C)C)C(C)C(C)C. The Labute approximate surface area is 101 Å². The normalized spacial score (nSPS) is 16.0. The van der Waals surface area contributed by atoms with Crippen molar-refractivity contribution in [1.82, 2.24) is 5.32 Å². The molecule has 1 amide bonds. The molecule has 0 spiro atoms. The van der Waals surface area contributed by atoms with Gasteiger partial charge in [0.1, 0.15) is 0 Å². The van der Waals surface area contributed by atoms with Gasteiger partial charge in [0.25, 0.3) is 0 Å². The highest BCUT2D eigenvalue weighted by atomic mass is 16.1. The molecule has 2 atom stereocenters. The molecule has 0 radical (unpaired) electrons. The van der Waals surface area contributed by atoms with E-state index in [1.807, 2.05) is 0 Å². The molecule has 1 unspecified atom stereocenters. The van der Waals surface area contributed by atoms with Crippen LogP contribution in [0.1, 0.15) is 54.9 Å². The molecule has 2 heteroatoms. The van der Waals surface area contributed by atoms with Gasteiger partial charge in [0.05, 0.1) is 0 Å². The minimum Gasteiger partial charge on any atom is -0.355 e. The van der Waals surface area contributed by atoms with E-state index in [9.17, 15) is 4.79 Å². The molecule has 96 valence electrons.